The van der Waals surface area contributed by atoms with Gasteiger partial charge in [0, 0.05) is 17.2 Å². The van der Waals surface area contributed by atoms with Crippen molar-refractivity contribution in [2.24, 2.45) is 0 Å². The molecule has 1 unspecified atom stereocenters. The largest absolute Gasteiger partial charge is 0.263 e. The van der Waals surface area contributed by atoms with Crippen LogP contribution in [0.2, 0.25) is 5.02 Å². The number of hydrogen-bond donors (Lipinski definition) is 0. The van der Waals surface area contributed by atoms with E-state index in [9.17, 15) is 0 Å². The van der Waals surface area contributed by atoms with Gasteiger partial charge in [0.1, 0.15) is 0 Å². The van der Waals surface area contributed by atoms with Gasteiger partial charge >= 0.3 is 0 Å². The Hall–Kier alpha value is -0.0800. The van der Waals surface area contributed by atoms with Crippen LogP contribution in [0.3, 0.4) is 0 Å². The zero-order valence-electron chi connectivity index (χ0n) is 9.76. The van der Waals surface area contributed by atoms with Crippen molar-refractivity contribution in [3.05, 3.63) is 29.0 Å². The number of rotatable bonds is 7. The second-order valence-corrected chi connectivity index (χ2v) is 5.82. The van der Waals surface area contributed by atoms with Crippen molar-refractivity contribution in [2.45, 2.75) is 50.3 Å². The smallest absolute Gasteiger partial charge is 0.0621 e. The van der Waals surface area contributed by atoms with E-state index in [-0.39, 0.29) is 0 Å². The topological polar surface area (TPSA) is 12.9 Å². The molecule has 0 fully saturated rings. The average Bonchev–Trinajstić information content (AvgIpc) is 2.28. The van der Waals surface area contributed by atoms with E-state index >= 15 is 0 Å². The first kappa shape index (κ1) is 14.0. The first-order valence-electron chi connectivity index (χ1n) is 5.96. The number of alkyl halides is 1. The predicted octanol–water partition coefficient (Wildman–Crippen LogP) is 5.01. The molecule has 1 rings (SSSR count). The lowest BCUT2D eigenvalue weighted by Gasteiger charge is -2.10. The van der Waals surface area contributed by atoms with Gasteiger partial charge in [-0.1, -0.05) is 60.1 Å². The number of unbranched alkanes of at least 4 members (excludes halogenated alkanes) is 3. The molecule has 0 aromatic carbocycles. The zero-order valence-corrected chi connectivity index (χ0v) is 12.1. The monoisotopic (exact) mass is 303 g/mol. The summed E-state index contributed by atoms with van der Waals surface area (Å²) in [6.45, 7) is 2.24. The molecule has 0 amide bonds. The van der Waals surface area contributed by atoms with E-state index in [1.54, 1.807) is 12.4 Å². The Balaban J connectivity index is 2.28. The van der Waals surface area contributed by atoms with Crippen LogP contribution in [-0.2, 0) is 6.42 Å². The molecule has 0 saturated heterocycles. The third kappa shape index (κ3) is 5.31. The van der Waals surface area contributed by atoms with Gasteiger partial charge in [0.2, 0.25) is 0 Å². The lowest BCUT2D eigenvalue weighted by atomic mass is 10.1. The molecule has 0 radical (unpaired) electrons. The highest BCUT2D eigenvalue weighted by molar-refractivity contribution is 9.09. The molecule has 0 N–H and O–H groups in total. The van der Waals surface area contributed by atoms with E-state index in [1.807, 2.05) is 6.07 Å². The van der Waals surface area contributed by atoms with Gasteiger partial charge in [0.25, 0.3) is 0 Å². The fourth-order valence-corrected chi connectivity index (χ4v) is 2.57. The molecule has 1 heterocycles. The van der Waals surface area contributed by atoms with Crippen LogP contribution in [0.4, 0.5) is 0 Å². The predicted molar refractivity (Wildman–Crippen MR) is 74.4 cm³/mol. The Bertz CT molecular complexity index is 304. The van der Waals surface area contributed by atoms with E-state index < -0.39 is 0 Å². The quantitative estimate of drug-likeness (QED) is 0.509. The molecule has 0 aliphatic heterocycles. The van der Waals surface area contributed by atoms with Crippen LogP contribution in [0.15, 0.2) is 18.5 Å². The maximum Gasteiger partial charge on any atom is 0.0621 e. The number of hydrogen-bond acceptors (Lipinski definition) is 1. The Kier molecular flexibility index (Phi) is 7.06. The van der Waals surface area contributed by atoms with Crippen molar-refractivity contribution in [1.82, 2.24) is 4.98 Å². The molecule has 0 bridgehead atoms. The zero-order chi connectivity index (χ0) is 11.8. The molecule has 0 saturated carbocycles. The number of aromatic nitrogens is 1. The van der Waals surface area contributed by atoms with Crippen molar-refractivity contribution in [2.75, 3.05) is 0 Å². The number of halogens is 2. The summed E-state index contributed by atoms with van der Waals surface area (Å²) < 4.78 is 0. The van der Waals surface area contributed by atoms with Crippen LogP contribution in [0.1, 0.15) is 44.6 Å². The van der Waals surface area contributed by atoms with E-state index in [4.69, 9.17) is 11.6 Å². The maximum atomic E-state index is 6.07. The Morgan fingerprint density at radius 1 is 1.38 bits per heavy atom. The lowest BCUT2D eigenvalue weighted by molar-refractivity contribution is 0.619. The highest BCUT2D eigenvalue weighted by atomic mass is 79.9. The lowest BCUT2D eigenvalue weighted by Crippen LogP contribution is -2.03. The van der Waals surface area contributed by atoms with Crippen LogP contribution in [0, 0.1) is 0 Å². The van der Waals surface area contributed by atoms with Crippen LogP contribution < -0.4 is 0 Å². The molecule has 3 heteroatoms. The summed E-state index contributed by atoms with van der Waals surface area (Å²) >= 11 is 9.79. The fourth-order valence-electron chi connectivity index (χ4n) is 1.70. The molecule has 16 heavy (non-hydrogen) atoms. The van der Waals surface area contributed by atoms with Crippen LogP contribution >= 0.6 is 27.5 Å². The number of pyridine rings is 1. The van der Waals surface area contributed by atoms with Gasteiger partial charge < -0.3 is 0 Å². The van der Waals surface area contributed by atoms with Gasteiger partial charge in [-0.3, -0.25) is 4.98 Å². The molecule has 1 aromatic rings. The van der Waals surface area contributed by atoms with Gasteiger partial charge in [-0.25, -0.2) is 0 Å². The average molecular weight is 305 g/mol. The molecule has 1 atom stereocenters. The summed E-state index contributed by atoms with van der Waals surface area (Å²) in [7, 11) is 0. The normalized spacial score (nSPS) is 12.7. The van der Waals surface area contributed by atoms with Crippen molar-refractivity contribution in [1.29, 1.82) is 0 Å². The molecule has 1 nitrogen and oxygen atoms in total. The standard InChI is InChI=1S/C13H19BrClN/c1-2-3-4-5-6-12(14)9-11-7-8-16-10-13(11)15/h7-8,10,12H,2-6,9H2,1H3. The fraction of sp³-hybridized carbons (Fsp3) is 0.615. The minimum atomic E-state index is 0.532. The molecular weight excluding hydrogens is 286 g/mol. The van der Waals surface area contributed by atoms with E-state index in [0.29, 0.717) is 4.83 Å². The summed E-state index contributed by atoms with van der Waals surface area (Å²) in [5, 5.41) is 0.778. The maximum absolute atomic E-state index is 6.07. The molecule has 90 valence electrons. The Labute approximate surface area is 112 Å². The van der Waals surface area contributed by atoms with E-state index in [2.05, 4.69) is 27.8 Å². The van der Waals surface area contributed by atoms with Gasteiger partial charge in [-0.05, 0) is 24.5 Å². The van der Waals surface area contributed by atoms with Crippen molar-refractivity contribution >= 4 is 27.5 Å². The van der Waals surface area contributed by atoms with Crippen LogP contribution in [0.5, 0.6) is 0 Å². The second-order valence-electron chi connectivity index (χ2n) is 4.12. The molecular formula is C13H19BrClN. The minimum Gasteiger partial charge on any atom is -0.263 e. The van der Waals surface area contributed by atoms with E-state index in [0.717, 1.165) is 11.4 Å². The second kappa shape index (κ2) is 8.08. The van der Waals surface area contributed by atoms with Crippen molar-refractivity contribution < 1.29 is 0 Å². The van der Waals surface area contributed by atoms with Gasteiger partial charge in [-0.2, -0.15) is 0 Å². The summed E-state index contributed by atoms with van der Waals surface area (Å²) in [6, 6.07) is 2.00. The van der Waals surface area contributed by atoms with Crippen LogP contribution in [-0.4, -0.2) is 9.81 Å². The first-order chi connectivity index (χ1) is 7.74. The molecule has 0 spiro atoms. The minimum absolute atomic E-state index is 0.532. The number of nitrogens with zero attached hydrogens (tertiary/aromatic N) is 1. The Morgan fingerprint density at radius 3 is 2.88 bits per heavy atom. The van der Waals surface area contributed by atoms with Crippen molar-refractivity contribution in [3.8, 4) is 0 Å². The highest BCUT2D eigenvalue weighted by Crippen LogP contribution is 2.21. The molecule has 0 aliphatic rings. The van der Waals surface area contributed by atoms with Gasteiger partial charge in [0.15, 0.2) is 0 Å². The molecule has 0 aliphatic carbocycles. The summed E-state index contributed by atoms with van der Waals surface area (Å²) in [5.74, 6) is 0. The molecule has 1 aromatic heterocycles. The highest BCUT2D eigenvalue weighted by Gasteiger charge is 2.07. The van der Waals surface area contributed by atoms with Gasteiger partial charge in [0.05, 0.1) is 5.02 Å². The summed E-state index contributed by atoms with van der Waals surface area (Å²) in [4.78, 5) is 4.52. The van der Waals surface area contributed by atoms with Crippen LogP contribution in [0.25, 0.3) is 0 Å². The third-order valence-electron chi connectivity index (χ3n) is 2.67. The Morgan fingerprint density at radius 2 is 2.19 bits per heavy atom. The van der Waals surface area contributed by atoms with E-state index in [1.165, 1.54) is 37.7 Å². The summed E-state index contributed by atoms with van der Waals surface area (Å²) in [6.07, 6.45) is 11.0. The van der Waals surface area contributed by atoms with Gasteiger partial charge in [-0.15, -0.1) is 0 Å². The summed E-state index contributed by atoms with van der Waals surface area (Å²) in [5.41, 5.74) is 1.19. The third-order valence-corrected chi connectivity index (χ3v) is 3.79. The first-order valence-corrected chi connectivity index (χ1v) is 7.26. The van der Waals surface area contributed by atoms with Crippen molar-refractivity contribution in [3.63, 3.8) is 0 Å². The SMILES string of the molecule is CCCCCCC(Br)Cc1ccncc1Cl.